The number of benzene rings is 9. The second-order valence-corrected chi connectivity index (χ2v) is 15.3. The highest BCUT2D eigenvalue weighted by Crippen LogP contribution is 2.44. The second kappa shape index (κ2) is 13.4. The zero-order valence-corrected chi connectivity index (χ0v) is 32.1. The summed E-state index contributed by atoms with van der Waals surface area (Å²) in [6.07, 6.45) is 3.66. The molecule has 276 valence electrons. The van der Waals surface area contributed by atoms with E-state index in [4.69, 9.17) is 15.0 Å². The van der Waals surface area contributed by atoms with Gasteiger partial charge in [0, 0.05) is 34.6 Å². The first-order valence-electron chi connectivity index (χ1n) is 20.0. The van der Waals surface area contributed by atoms with Crippen molar-refractivity contribution in [2.45, 2.75) is 0 Å². The maximum absolute atomic E-state index is 9.43. The third kappa shape index (κ3) is 5.32. The molecule has 0 saturated carbocycles. The van der Waals surface area contributed by atoms with Gasteiger partial charge in [-0.15, -0.1) is 0 Å². The number of nitriles is 1. The molecule has 5 nitrogen and oxygen atoms in total. The molecule has 0 fully saturated rings. The Kier molecular flexibility index (Phi) is 7.53. The van der Waals surface area contributed by atoms with Gasteiger partial charge in [0.15, 0.2) is 17.5 Å². The van der Waals surface area contributed by atoms with Gasteiger partial charge in [-0.25, -0.2) is 15.0 Å². The average Bonchev–Trinajstić information content (AvgIpc) is 3.32. The first kappa shape index (κ1) is 33.8. The molecule has 60 heavy (non-hydrogen) atoms. The summed E-state index contributed by atoms with van der Waals surface area (Å²) in [4.78, 5) is 20.3. The van der Waals surface area contributed by atoms with Gasteiger partial charge in [-0.3, -0.25) is 4.98 Å². The molecular formula is C55H31N5. The fraction of sp³-hybridized carbons (Fsp3) is 0. The van der Waals surface area contributed by atoms with Gasteiger partial charge in [-0.05, 0) is 118 Å². The monoisotopic (exact) mass is 761 g/mol. The summed E-state index contributed by atoms with van der Waals surface area (Å²) in [6.45, 7) is 0. The minimum Gasteiger partial charge on any atom is -0.264 e. The van der Waals surface area contributed by atoms with E-state index in [2.05, 4.69) is 132 Å². The molecular weight excluding hydrogens is 731 g/mol. The SMILES string of the molecule is N#Cc1ccc(-c2cccc(-c3nc(-c4cc5ccc6cccc7c8cccc9ccc%10cccc(c(c4)c5c67)c%10c98)nc(-c4ccccc4-c4cccnc4)n3)c2)cc1. The Morgan fingerprint density at radius 2 is 0.900 bits per heavy atom. The first-order chi connectivity index (χ1) is 29.7. The number of nitrogens with zero attached hydrogens (tertiary/aromatic N) is 5. The highest BCUT2D eigenvalue weighted by atomic mass is 15.0. The topological polar surface area (TPSA) is 75.3 Å². The molecule has 2 aromatic heterocycles. The molecule has 0 saturated heterocycles. The fourth-order valence-corrected chi connectivity index (χ4v) is 9.19. The normalized spacial score (nSPS) is 11.7. The van der Waals surface area contributed by atoms with Crippen LogP contribution in [0.2, 0.25) is 0 Å². The molecule has 12 rings (SSSR count). The standard InChI is InChI=1S/C55H31N5/c56-31-33-19-21-34(22-20-33)38-11-3-12-40(28-38)53-58-54(60-55(59-53)47-15-2-1-14-43(47)41-13-7-27-57-32-41)42-29-39-26-25-37-9-5-17-45-44-16-4-8-35-23-24-36-10-6-18-46(51(36)49(35)44)48(30-42)52(39)50(37)45/h1-30,32H. The maximum Gasteiger partial charge on any atom is 0.164 e. The molecule has 0 aliphatic heterocycles. The van der Waals surface area contributed by atoms with Crippen molar-refractivity contribution in [3.05, 3.63) is 194 Å². The van der Waals surface area contributed by atoms with Crippen molar-refractivity contribution in [2.24, 2.45) is 0 Å². The number of rotatable bonds is 5. The number of aromatic nitrogens is 4. The third-order valence-corrected chi connectivity index (χ3v) is 11.9. The summed E-state index contributed by atoms with van der Waals surface area (Å²) in [5.41, 5.74) is 7.24. The number of fused-ring (bicyclic) bond motifs is 2. The Balaban J connectivity index is 1.17. The quantitative estimate of drug-likeness (QED) is 0.163. The van der Waals surface area contributed by atoms with Crippen molar-refractivity contribution in [3.8, 4) is 62.5 Å². The molecule has 0 bridgehead atoms. The van der Waals surface area contributed by atoms with Crippen LogP contribution in [-0.2, 0) is 0 Å². The van der Waals surface area contributed by atoms with Gasteiger partial charge in [0.2, 0.25) is 0 Å². The Labute approximate surface area is 344 Å². The van der Waals surface area contributed by atoms with E-state index < -0.39 is 0 Å². The lowest BCUT2D eigenvalue weighted by Gasteiger charge is -2.17. The van der Waals surface area contributed by atoms with E-state index in [-0.39, 0.29) is 0 Å². The van der Waals surface area contributed by atoms with Crippen LogP contribution in [0.15, 0.2) is 188 Å². The van der Waals surface area contributed by atoms with E-state index in [9.17, 15) is 5.26 Å². The van der Waals surface area contributed by atoms with Crippen molar-refractivity contribution >= 4 is 64.6 Å². The molecule has 0 radical (unpaired) electrons. The van der Waals surface area contributed by atoms with E-state index in [1.165, 1.54) is 53.9 Å². The number of hydrogen-bond donors (Lipinski definition) is 0. The third-order valence-electron chi connectivity index (χ3n) is 11.9. The smallest absolute Gasteiger partial charge is 0.164 e. The molecule has 0 atom stereocenters. The summed E-state index contributed by atoms with van der Waals surface area (Å²) in [5, 5.41) is 24.0. The predicted octanol–water partition coefficient (Wildman–Crippen LogP) is 13.8. The minimum atomic E-state index is 0.566. The van der Waals surface area contributed by atoms with Crippen molar-refractivity contribution in [1.82, 2.24) is 19.9 Å². The van der Waals surface area contributed by atoms with E-state index in [1.54, 1.807) is 6.20 Å². The van der Waals surface area contributed by atoms with Crippen molar-refractivity contribution < 1.29 is 0 Å². The van der Waals surface area contributed by atoms with Crippen LogP contribution in [-0.4, -0.2) is 19.9 Å². The predicted molar refractivity (Wildman–Crippen MR) is 246 cm³/mol. The highest BCUT2D eigenvalue weighted by molar-refractivity contribution is 6.37. The van der Waals surface area contributed by atoms with Crippen LogP contribution in [0.4, 0.5) is 0 Å². The van der Waals surface area contributed by atoms with Gasteiger partial charge in [-0.1, -0.05) is 140 Å². The maximum atomic E-state index is 9.43. The van der Waals surface area contributed by atoms with Gasteiger partial charge in [0.05, 0.1) is 11.6 Å². The van der Waals surface area contributed by atoms with Gasteiger partial charge in [-0.2, -0.15) is 5.26 Å². The number of hydrogen-bond acceptors (Lipinski definition) is 5. The van der Waals surface area contributed by atoms with Crippen molar-refractivity contribution in [1.29, 1.82) is 5.26 Å². The van der Waals surface area contributed by atoms with E-state index >= 15 is 0 Å². The molecule has 0 aliphatic carbocycles. The average molecular weight is 762 g/mol. The second-order valence-electron chi connectivity index (χ2n) is 15.3. The summed E-state index contributed by atoms with van der Waals surface area (Å²) < 4.78 is 0. The summed E-state index contributed by atoms with van der Waals surface area (Å²) >= 11 is 0. The minimum absolute atomic E-state index is 0.566. The van der Waals surface area contributed by atoms with Crippen LogP contribution >= 0.6 is 0 Å². The van der Waals surface area contributed by atoms with Crippen molar-refractivity contribution in [2.75, 3.05) is 0 Å². The molecule has 5 heteroatoms. The lowest BCUT2D eigenvalue weighted by molar-refractivity contribution is 1.08. The molecule has 0 spiro atoms. The molecule has 0 N–H and O–H groups in total. The number of pyridine rings is 1. The molecule has 12 aromatic rings. The van der Waals surface area contributed by atoms with Gasteiger partial charge in [0.25, 0.3) is 0 Å². The lowest BCUT2D eigenvalue weighted by Crippen LogP contribution is -2.01. The zero-order valence-electron chi connectivity index (χ0n) is 32.1. The molecule has 0 unspecified atom stereocenters. The van der Waals surface area contributed by atoms with Crippen LogP contribution in [0.1, 0.15) is 5.56 Å². The molecule has 10 aromatic carbocycles. The Morgan fingerprint density at radius 1 is 0.350 bits per heavy atom. The fourth-order valence-electron chi connectivity index (χ4n) is 9.19. The van der Waals surface area contributed by atoms with Crippen molar-refractivity contribution in [3.63, 3.8) is 0 Å². The van der Waals surface area contributed by atoms with Crippen LogP contribution in [0.25, 0.3) is 121 Å². The summed E-state index contributed by atoms with van der Waals surface area (Å²) in [6, 6.07) is 63.9. The van der Waals surface area contributed by atoms with E-state index in [1.807, 2.05) is 60.8 Å². The van der Waals surface area contributed by atoms with Crippen LogP contribution in [0, 0.1) is 11.3 Å². The Bertz CT molecular complexity index is 3710. The van der Waals surface area contributed by atoms with Crippen LogP contribution in [0.5, 0.6) is 0 Å². The van der Waals surface area contributed by atoms with Gasteiger partial charge >= 0.3 is 0 Å². The van der Waals surface area contributed by atoms with E-state index in [0.717, 1.165) is 49.7 Å². The summed E-state index contributed by atoms with van der Waals surface area (Å²) in [7, 11) is 0. The lowest BCUT2D eigenvalue weighted by atomic mass is 9.87. The van der Waals surface area contributed by atoms with Crippen LogP contribution < -0.4 is 0 Å². The van der Waals surface area contributed by atoms with Crippen LogP contribution in [0.3, 0.4) is 0 Å². The molecule has 0 aliphatic rings. The first-order valence-corrected chi connectivity index (χ1v) is 20.0. The van der Waals surface area contributed by atoms with E-state index in [0.29, 0.717) is 23.0 Å². The molecule has 0 amide bonds. The van der Waals surface area contributed by atoms with Gasteiger partial charge in [0.1, 0.15) is 0 Å². The highest BCUT2D eigenvalue weighted by Gasteiger charge is 2.20. The zero-order chi connectivity index (χ0) is 39.7. The molecule has 2 heterocycles. The Morgan fingerprint density at radius 3 is 1.55 bits per heavy atom. The van der Waals surface area contributed by atoms with Gasteiger partial charge < -0.3 is 0 Å². The summed E-state index contributed by atoms with van der Waals surface area (Å²) in [5.74, 6) is 1.72. The Hall–Kier alpha value is -8.33. The largest absolute Gasteiger partial charge is 0.264 e.